The van der Waals surface area contributed by atoms with Crippen LogP contribution in [0.2, 0.25) is 0 Å². The molecule has 0 atom stereocenters. The predicted molar refractivity (Wildman–Crippen MR) is 76.0 cm³/mol. The Bertz CT molecular complexity index is 435. The van der Waals surface area contributed by atoms with E-state index in [0.29, 0.717) is 0 Å². The van der Waals surface area contributed by atoms with Crippen LogP contribution in [-0.4, -0.2) is 0 Å². The lowest BCUT2D eigenvalue weighted by Crippen LogP contribution is -1.91. The lowest BCUT2D eigenvalue weighted by Gasteiger charge is -2.07. The molecule has 1 aromatic carbocycles. The standard InChI is InChI=1S/C17H22/c1-3-5-9-14(8-4-2)17-12-15-10-6-7-11-16(15)13-17/h6-7,9-12H,3-5,8,13H2,1-2H3. The van der Waals surface area contributed by atoms with Crippen LogP contribution in [0.4, 0.5) is 0 Å². The van der Waals surface area contributed by atoms with E-state index in [4.69, 9.17) is 0 Å². The molecule has 0 amide bonds. The second kappa shape index (κ2) is 5.86. The summed E-state index contributed by atoms with van der Waals surface area (Å²) >= 11 is 0. The molecule has 1 aliphatic carbocycles. The molecular weight excluding hydrogens is 204 g/mol. The van der Waals surface area contributed by atoms with Crippen LogP contribution >= 0.6 is 0 Å². The van der Waals surface area contributed by atoms with Gasteiger partial charge in [0.2, 0.25) is 0 Å². The number of unbranched alkanes of at least 4 members (excludes halogenated alkanes) is 1. The van der Waals surface area contributed by atoms with Gasteiger partial charge in [-0.2, -0.15) is 0 Å². The number of hydrogen-bond donors (Lipinski definition) is 0. The van der Waals surface area contributed by atoms with E-state index in [-0.39, 0.29) is 0 Å². The maximum atomic E-state index is 2.45. The van der Waals surface area contributed by atoms with E-state index in [1.807, 2.05) is 0 Å². The van der Waals surface area contributed by atoms with Gasteiger partial charge in [-0.3, -0.25) is 0 Å². The average Bonchev–Trinajstić information content (AvgIpc) is 2.78. The Hall–Kier alpha value is -1.30. The van der Waals surface area contributed by atoms with Crippen LogP contribution in [0, 0.1) is 0 Å². The Morgan fingerprint density at radius 2 is 2.00 bits per heavy atom. The zero-order valence-corrected chi connectivity index (χ0v) is 11.0. The second-order valence-corrected chi connectivity index (χ2v) is 4.81. The van der Waals surface area contributed by atoms with Crippen molar-refractivity contribution in [2.75, 3.05) is 0 Å². The molecule has 0 aromatic heterocycles. The van der Waals surface area contributed by atoms with Crippen molar-refractivity contribution in [3.05, 3.63) is 52.6 Å². The molecule has 17 heavy (non-hydrogen) atoms. The molecule has 0 radical (unpaired) electrons. The fraction of sp³-hybridized carbons (Fsp3) is 0.412. The van der Waals surface area contributed by atoms with Crippen molar-refractivity contribution in [1.82, 2.24) is 0 Å². The zero-order chi connectivity index (χ0) is 12.1. The van der Waals surface area contributed by atoms with Crippen molar-refractivity contribution < 1.29 is 0 Å². The van der Waals surface area contributed by atoms with Gasteiger partial charge in [0.1, 0.15) is 0 Å². The van der Waals surface area contributed by atoms with Crippen molar-refractivity contribution in [2.45, 2.75) is 46.0 Å². The maximum Gasteiger partial charge on any atom is -0.00170 e. The molecule has 0 N–H and O–H groups in total. The molecule has 0 nitrogen and oxygen atoms in total. The molecule has 2 rings (SSSR count). The highest BCUT2D eigenvalue weighted by Crippen LogP contribution is 2.31. The minimum Gasteiger partial charge on any atom is -0.0810 e. The van der Waals surface area contributed by atoms with Gasteiger partial charge in [0.15, 0.2) is 0 Å². The minimum atomic E-state index is 1.13. The largest absolute Gasteiger partial charge is 0.0810 e. The zero-order valence-electron chi connectivity index (χ0n) is 11.0. The molecule has 0 heteroatoms. The van der Waals surface area contributed by atoms with Crippen LogP contribution in [0.15, 0.2) is 41.5 Å². The summed E-state index contributed by atoms with van der Waals surface area (Å²) in [7, 11) is 0. The molecular formula is C17H22. The Kier molecular flexibility index (Phi) is 4.19. The van der Waals surface area contributed by atoms with Gasteiger partial charge >= 0.3 is 0 Å². The molecule has 0 saturated carbocycles. The van der Waals surface area contributed by atoms with E-state index < -0.39 is 0 Å². The van der Waals surface area contributed by atoms with Gasteiger partial charge < -0.3 is 0 Å². The summed E-state index contributed by atoms with van der Waals surface area (Å²) in [6, 6.07) is 8.76. The third kappa shape index (κ3) is 2.88. The van der Waals surface area contributed by atoms with E-state index in [0.717, 1.165) is 6.42 Å². The lowest BCUT2D eigenvalue weighted by atomic mass is 9.98. The van der Waals surface area contributed by atoms with Gasteiger partial charge in [-0.15, -0.1) is 0 Å². The van der Waals surface area contributed by atoms with E-state index in [2.05, 4.69) is 50.3 Å². The minimum absolute atomic E-state index is 1.13. The highest BCUT2D eigenvalue weighted by Gasteiger charge is 2.14. The number of benzene rings is 1. The fourth-order valence-corrected chi connectivity index (χ4v) is 2.47. The third-order valence-corrected chi connectivity index (χ3v) is 3.38. The van der Waals surface area contributed by atoms with Gasteiger partial charge in [-0.05, 0) is 41.5 Å². The van der Waals surface area contributed by atoms with Crippen molar-refractivity contribution in [3.8, 4) is 0 Å². The summed E-state index contributed by atoms with van der Waals surface area (Å²) in [6.07, 6.45) is 10.9. The van der Waals surface area contributed by atoms with E-state index in [1.165, 1.54) is 36.8 Å². The average molecular weight is 226 g/mol. The first-order valence-corrected chi connectivity index (χ1v) is 6.83. The lowest BCUT2D eigenvalue weighted by molar-refractivity contribution is 0.877. The number of hydrogen-bond acceptors (Lipinski definition) is 0. The van der Waals surface area contributed by atoms with Crippen LogP contribution in [0.3, 0.4) is 0 Å². The highest BCUT2D eigenvalue weighted by atomic mass is 14.2. The molecule has 90 valence electrons. The Morgan fingerprint density at radius 3 is 2.71 bits per heavy atom. The van der Waals surface area contributed by atoms with Crippen molar-refractivity contribution in [1.29, 1.82) is 0 Å². The van der Waals surface area contributed by atoms with Crippen LogP contribution in [0.5, 0.6) is 0 Å². The third-order valence-electron chi connectivity index (χ3n) is 3.38. The number of fused-ring (bicyclic) bond motifs is 1. The quantitative estimate of drug-likeness (QED) is 0.651. The van der Waals surface area contributed by atoms with Gasteiger partial charge in [-0.1, -0.05) is 63.1 Å². The van der Waals surface area contributed by atoms with Crippen LogP contribution in [-0.2, 0) is 6.42 Å². The molecule has 0 heterocycles. The monoisotopic (exact) mass is 226 g/mol. The van der Waals surface area contributed by atoms with E-state index in [9.17, 15) is 0 Å². The molecule has 1 aliphatic rings. The second-order valence-electron chi connectivity index (χ2n) is 4.81. The van der Waals surface area contributed by atoms with Crippen LogP contribution < -0.4 is 0 Å². The van der Waals surface area contributed by atoms with Crippen LogP contribution in [0.1, 0.15) is 50.7 Å². The maximum absolute atomic E-state index is 2.45. The summed E-state index contributed by atoms with van der Waals surface area (Å²) < 4.78 is 0. The smallest absolute Gasteiger partial charge is 0.00170 e. The fourth-order valence-electron chi connectivity index (χ4n) is 2.47. The Balaban J connectivity index is 2.18. The van der Waals surface area contributed by atoms with Gasteiger partial charge in [0.05, 0.1) is 0 Å². The summed E-state index contributed by atoms with van der Waals surface area (Å²) in [5.74, 6) is 0. The van der Waals surface area contributed by atoms with Gasteiger partial charge in [0.25, 0.3) is 0 Å². The number of rotatable bonds is 5. The van der Waals surface area contributed by atoms with Gasteiger partial charge in [0, 0.05) is 0 Å². The predicted octanol–water partition coefficient (Wildman–Crippen LogP) is 5.15. The normalized spacial score (nSPS) is 14.7. The van der Waals surface area contributed by atoms with Gasteiger partial charge in [-0.25, -0.2) is 0 Å². The van der Waals surface area contributed by atoms with E-state index >= 15 is 0 Å². The molecule has 0 spiro atoms. The Labute approximate surface area is 105 Å². The molecule has 0 saturated heterocycles. The first kappa shape index (κ1) is 12.2. The first-order chi connectivity index (χ1) is 8.35. The summed E-state index contributed by atoms with van der Waals surface area (Å²) in [5, 5.41) is 0. The van der Waals surface area contributed by atoms with E-state index in [1.54, 1.807) is 11.1 Å². The molecule has 0 fully saturated rings. The van der Waals surface area contributed by atoms with Crippen molar-refractivity contribution in [2.24, 2.45) is 0 Å². The first-order valence-electron chi connectivity index (χ1n) is 6.83. The van der Waals surface area contributed by atoms with Crippen LogP contribution in [0.25, 0.3) is 6.08 Å². The molecule has 0 aliphatic heterocycles. The summed E-state index contributed by atoms with van der Waals surface area (Å²) in [4.78, 5) is 0. The SMILES string of the molecule is CCCC=C(CCC)C1=Cc2ccccc2C1. The molecule has 0 bridgehead atoms. The highest BCUT2D eigenvalue weighted by molar-refractivity contribution is 5.68. The number of allylic oxidation sites excluding steroid dienone is 3. The van der Waals surface area contributed by atoms with Crippen molar-refractivity contribution >= 4 is 6.08 Å². The summed E-state index contributed by atoms with van der Waals surface area (Å²) in [5.41, 5.74) is 6.02. The molecule has 1 aromatic rings. The topological polar surface area (TPSA) is 0 Å². The Morgan fingerprint density at radius 1 is 1.18 bits per heavy atom. The van der Waals surface area contributed by atoms with Crippen molar-refractivity contribution in [3.63, 3.8) is 0 Å². The molecule has 0 unspecified atom stereocenters. The summed E-state index contributed by atoms with van der Waals surface area (Å²) in [6.45, 7) is 4.51.